The van der Waals surface area contributed by atoms with Crippen molar-refractivity contribution in [3.05, 3.63) is 43.7 Å². The van der Waals surface area contributed by atoms with Gasteiger partial charge in [0, 0.05) is 73.0 Å². The first kappa shape index (κ1) is 89.8. The first-order chi connectivity index (χ1) is 42.0. The Bertz CT molecular complexity index is 2380. The maximum atomic E-state index is 13.4. The summed E-state index contributed by atoms with van der Waals surface area (Å²) in [6.45, 7) is -5.53. The molecule has 0 radical (unpaired) electrons. The molecule has 26 N–H and O–H groups in total. The third-order valence-corrected chi connectivity index (χ3v) is 20.6. The number of amides is 4. The molecule has 0 saturated heterocycles. The van der Waals surface area contributed by atoms with Gasteiger partial charge in [-0.25, -0.2) is 0 Å². The number of benzene rings is 2. The third kappa shape index (κ3) is 26.5. The Balaban J connectivity index is 0.00000152. The maximum Gasteiger partial charge on any atom is 0.304 e. The fourth-order valence-electron chi connectivity index (χ4n) is 7.44. The van der Waals surface area contributed by atoms with Crippen LogP contribution in [0.3, 0.4) is 0 Å². The van der Waals surface area contributed by atoms with Gasteiger partial charge in [-0.3, -0.25) is 28.8 Å². The van der Waals surface area contributed by atoms with E-state index in [2.05, 4.69) is 0 Å². The van der Waals surface area contributed by atoms with Gasteiger partial charge in [0.2, 0.25) is 0 Å². The Morgan fingerprint density at radius 2 is 0.505 bits per heavy atom. The minimum atomic E-state index is -1.90. The number of carboxylic acid groups (broad SMARTS) is 2. The van der Waals surface area contributed by atoms with Gasteiger partial charge < -0.3 is 143 Å². The predicted molar refractivity (Wildman–Crippen MR) is 372 cm³/mol. The molecule has 16 unspecified atom stereocenters. The number of hydrogen-bond acceptors (Lipinski definition) is 29. The first-order valence-electron chi connectivity index (χ1n) is 26.3. The lowest BCUT2D eigenvalue weighted by molar-refractivity contribution is -0.137. The minimum absolute atomic E-state index is 0.0157. The fourth-order valence-corrected chi connectivity index (χ4v) is 16.5. The zero-order chi connectivity index (χ0) is 71.1. The molecule has 0 aliphatic rings. The highest BCUT2D eigenvalue weighted by atomic mass is 127. The molecule has 0 aliphatic carbocycles. The highest BCUT2D eigenvalue weighted by Gasteiger charge is 2.39. The highest BCUT2D eigenvalue weighted by molar-refractivity contribution is 14.1. The number of aliphatic hydroxyl groups excluding tert-OH is 20. The average molecular weight is 2000 g/mol. The van der Waals surface area contributed by atoms with Crippen molar-refractivity contribution < 1.29 is 141 Å². The van der Waals surface area contributed by atoms with Crippen LogP contribution in [0.25, 0.3) is 0 Å². The second kappa shape index (κ2) is 43.2. The zero-order valence-corrected chi connectivity index (χ0v) is 62.4. The van der Waals surface area contributed by atoms with Crippen LogP contribution in [0.4, 0.5) is 11.4 Å². The van der Waals surface area contributed by atoms with Gasteiger partial charge in [-0.15, -0.1) is 0 Å². The smallest absolute Gasteiger partial charge is 0.304 e. The molecule has 0 aromatic heterocycles. The largest absolute Gasteiger partial charge is 0.481 e. The highest BCUT2D eigenvalue weighted by Crippen LogP contribution is 2.37. The minimum Gasteiger partial charge on any atom is -0.481 e. The van der Waals surface area contributed by atoms with E-state index in [1.165, 1.54) is 40.0 Å². The van der Waals surface area contributed by atoms with Crippen LogP contribution in [0.2, 0.25) is 0 Å². The molecule has 0 heterocycles. The van der Waals surface area contributed by atoms with Crippen LogP contribution < -0.4 is 11.5 Å². The number of aliphatic carboxylic acids is 2. The van der Waals surface area contributed by atoms with Crippen molar-refractivity contribution in [2.45, 2.75) is 111 Å². The standard InChI is InChI=1S/2C22H34I3N3O12.C6H10O4S/c2*1-27(3-7(31)17(35)19(37)9(33)5-29)21(39)11-13(23)12(15(25)16(26)14(11)24)22(40)28(2)4-8(32)18(36)20(38)10(34)6-30;7-5(8)1-3-11-4-2-6(9)10/h2*7-10,17-20,29-38H,3-6,26H2,1-2H3;1-4H2,(H,7,8)(H,9,10). The number of carboxylic acids is 2. The number of aliphatic hydroxyl groups is 20. The van der Waals surface area contributed by atoms with Crippen LogP contribution in [-0.4, -0.2) is 357 Å². The molecule has 16 atom stereocenters. The number of thioether (sulfide) groups is 1. The van der Waals surface area contributed by atoms with E-state index >= 15 is 0 Å². The molecule has 0 aliphatic heterocycles. The van der Waals surface area contributed by atoms with Gasteiger partial charge >= 0.3 is 11.9 Å². The molecule has 2 rings (SSSR count). The maximum absolute atomic E-state index is 13.4. The Morgan fingerprint density at radius 1 is 0.341 bits per heavy atom. The van der Waals surface area contributed by atoms with Gasteiger partial charge in [0.1, 0.15) is 97.7 Å². The molecule has 2 aromatic carbocycles. The monoisotopic (exact) mass is 2000 g/mol. The lowest BCUT2D eigenvalue weighted by Gasteiger charge is -2.30. The Kier molecular flexibility index (Phi) is 42.7. The van der Waals surface area contributed by atoms with Crippen molar-refractivity contribution in [2.24, 2.45) is 0 Å². The Morgan fingerprint density at radius 3 is 0.659 bits per heavy atom. The van der Waals surface area contributed by atoms with E-state index < -0.39 is 186 Å². The summed E-state index contributed by atoms with van der Waals surface area (Å²) in [6, 6.07) is 0. The molecule has 0 saturated carbocycles. The number of rotatable bonds is 34. The van der Waals surface area contributed by atoms with Gasteiger partial charge in [0.25, 0.3) is 23.6 Å². The Labute approximate surface area is 606 Å². The van der Waals surface area contributed by atoms with E-state index in [9.17, 15) is 110 Å². The molecule has 91 heavy (non-hydrogen) atoms. The normalized spacial score (nSPS) is 16.8. The number of halogens is 6. The van der Waals surface area contributed by atoms with Gasteiger partial charge in [0.15, 0.2) is 0 Å². The van der Waals surface area contributed by atoms with E-state index in [1.54, 1.807) is 45.2 Å². The van der Waals surface area contributed by atoms with Crippen LogP contribution in [-0.2, 0) is 9.59 Å². The van der Waals surface area contributed by atoms with Crippen molar-refractivity contribution in [3.8, 4) is 0 Å². The lowest BCUT2D eigenvalue weighted by atomic mass is 10.0. The molecule has 524 valence electrons. The van der Waals surface area contributed by atoms with Gasteiger partial charge in [-0.1, -0.05) is 0 Å². The summed E-state index contributed by atoms with van der Waals surface area (Å²) < 4.78 is 1.45. The van der Waals surface area contributed by atoms with Crippen molar-refractivity contribution in [1.29, 1.82) is 0 Å². The third-order valence-electron chi connectivity index (χ3n) is 13.0. The van der Waals surface area contributed by atoms with Crippen LogP contribution in [0.1, 0.15) is 54.3 Å². The summed E-state index contributed by atoms with van der Waals surface area (Å²) in [5, 5.41) is 211. The number of nitrogens with zero attached hydrogens (tertiary/aromatic N) is 4. The molecular formula is C50H78I6N6O28S. The van der Waals surface area contributed by atoms with Crippen molar-refractivity contribution >= 4 is 194 Å². The van der Waals surface area contributed by atoms with Crippen LogP contribution in [0.15, 0.2) is 0 Å². The molecule has 34 nitrogen and oxygen atoms in total. The topological polar surface area (TPSA) is 612 Å². The van der Waals surface area contributed by atoms with E-state index in [0.29, 0.717) is 11.5 Å². The molecule has 41 heteroatoms. The number of nitrogen functional groups attached to an aromatic ring is 2. The zero-order valence-electron chi connectivity index (χ0n) is 48.6. The summed E-state index contributed by atoms with van der Waals surface area (Å²) in [4.78, 5) is 77.5. The van der Waals surface area contributed by atoms with E-state index in [0.717, 1.165) is 19.6 Å². The van der Waals surface area contributed by atoms with E-state index in [4.69, 9.17) is 42.1 Å². The lowest BCUT2D eigenvalue weighted by Crippen LogP contribution is -2.50. The van der Waals surface area contributed by atoms with Crippen molar-refractivity contribution in [2.75, 3.05) is 104 Å². The van der Waals surface area contributed by atoms with Gasteiger partial charge in [-0.2, -0.15) is 11.8 Å². The molecule has 0 fully saturated rings. The molecule has 4 amide bonds. The summed E-state index contributed by atoms with van der Waals surface area (Å²) in [6.07, 6.45) is -28.7. The van der Waals surface area contributed by atoms with Crippen molar-refractivity contribution in [1.82, 2.24) is 19.6 Å². The number of carbonyl (C=O) groups excluding carboxylic acids is 4. The average Bonchev–Trinajstić information content (AvgIpc) is 0.781. The molecule has 0 spiro atoms. The second-order valence-electron chi connectivity index (χ2n) is 20.0. The number of nitrogens with two attached hydrogens (primary N) is 2. The van der Waals surface area contributed by atoms with E-state index in [1.807, 2.05) is 90.4 Å². The molecule has 0 bridgehead atoms. The summed E-state index contributed by atoms with van der Waals surface area (Å²) >= 11 is 12.1. The number of hydrogen-bond donors (Lipinski definition) is 24. The van der Waals surface area contributed by atoms with Crippen LogP contribution >= 0.6 is 147 Å². The Hall–Kier alpha value is -1.21. The fraction of sp³-hybridized carbons (Fsp3) is 0.640. The summed E-state index contributed by atoms with van der Waals surface area (Å²) in [5.74, 6) is -3.56. The van der Waals surface area contributed by atoms with E-state index in [-0.39, 0.29) is 67.9 Å². The molecule has 2 aromatic rings. The first-order valence-corrected chi connectivity index (χ1v) is 33.9. The van der Waals surface area contributed by atoms with Gasteiger partial charge in [-0.05, 0) is 136 Å². The number of likely N-dealkylation sites (N-methyl/N-ethyl adjacent to an activating group) is 4. The van der Waals surface area contributed by atoms with Crippen LogP contribution in [0.5, 0.6) is 0 Å². The summed E-state index contributed by atoms with van der Waals surface area (Å²) in [5.41, 5.74) is 12.5. The number of anilines is 2. The number of carbonyl (C=O) groups is 6. The van der Waals surface area contributed by atoms with Crippen LogP contribution in [0, 0.1) is 21.4 Å². The van der Waals surface area contributed by atoms with Gasteiger partial charge in [0.05, 0.1) is 87.2 Å². The SMILES string of the molecule is CN(CC(O)C(O)C(O)C(O)CO)C(=O)c1c(I)c(N)c(I)c(C(=O)N(C)CC(O)C(O)C(O)C(O)CO)c1I.CN(CC(O)C(O)C(O)C(O)CO)C(=O)c1c(I)c(N)c(I)c(C(=O)N(C)CC(O)C(O)C(O)C(O)CO)c1I.O=C(O)CCSCCC(=O)O. The summed E-state index contributed by atoms with van der Waals surface area (Å²) in [7, 11) is 5.13. The second-order valence-corrected chi connectivity index (χ2v) is 27.7. The molecular weight excluding hydrogens is 1930 g/mol. The predicted octanol–water partition coefficient (Wildman–Crippen LogP) is -7.13. The van der Waals surface area contributed by atoms with Crippen molar-refractivity contribution in [3.63, 3.8) is 0 Å². The quantitative estimate of drug-likeness (QED) is 0.0176.